The molecule has 0 aliphatic carbocycles. The van der Waals surface area contributed by atoms with Crippen LogP contribution < -0.4 is 24.8 Å². The van der Waals surface area contributed by atoms with Crippen LogP contribution in [0.15, 0.2) is 41.4 Å². The summed E-state index contributed by atoms with van der Waals surface area (Å²) in [6.07, 6.45) is 0. The van der Waals surface area contributed by atoms with Crippen molar-refractivity contribution in [1.82, 2.24) is 10.6 Å². The average Bonchev–Trinajstić information content (AvgIpc) is 2.80. The van der Waals surface area contributed by atoms with Gasteiger partial charge in [0, 0.05) is 25.8 Å². The van der Waals surface area contributed by atoms with Crippen molar-refractivity contribution in [2.24, 2.45) is 4.99 Å². The molecule has 0 saturated carbocycles. The summed E-state index contributed by atoms with van der Waals surface area (Å²) >= 11 is 0. The molecule has 8 nitrogen and oxygen atoms in total. The zero-order valence-electron chi connectivity index (χ0n) is 19.4. The van der Waals surface area contributed by atoms with Crippen LogP contribution in [0.4, 0.5) is 0 Å². The van der Waals surface area contributed by atoms with Crippen LogP contribution in [-0.4, -0.2) is 58.3 Å². The first-order valence-corrected chi connectivity index (χ1v) is 10.7. The quantitative estimate of drug-likeness (QED) is 0.248. The Morgan fingerprint density at radius 3 is 2.47 bits per heavy atom. The van der Waals surface area contributed by atoms with Gasteiger partial charge in [-0.2, -0.15) is 0 Å². The van der Waals surface area contributed by atoms with Gasteiger partial charge >= 0.3 is 0 Å². The number of benzene rings is 2. The van der Waals surface area contributed by atoms with Crippen LogP contribution in [0.1, 0.15) is 23.6 Å². The van der Waals surface area contributed by atoms with E-state index in [0.29, 0.717) is 43.8 Å². The molecular formula is C24H35N3O5. The summed E-state index contributed by atoms with van der Waals surface area (Å²) in [5, 5.41) is 15.6. The number of aliphatic hydroxyl groups excluding tert-OH is 1. The van der Waals surface area contributed by atoms with Crippen molar-refractivity contribution in [2.75, 3.05) is 47.2 Å². The van der Waals surface area contributed by atoms with E-state index < -0.39 is 0 Å². The molecule has 0 aliphatic heterocycles. The number of nitrogens with zero attached hydrogens (tertiary/aromatic N) is 1. The van der Waals surface area contributed by atoms with Gasteiger partial charge in [0.25, 0.3) is 0 Å². The normalized spacial score (nSPS) is 11.2. The molecule has 3 N–H and O–H groups in total. The molecule has 0 fully saturated rings. The molecule has 0 spiro atoms. The molecule has 0 atom stereocenters. The minimum atomic E-state index is -0.0486. The van der Waals surface area contributed by atoms with Crippen molar-refractivity contribution in [2.45, 2.75) is 26.9 Å². The second-order valence-electron chi connectivity index (χ2n) is 7.06. The zero-order chi connectivity index (χ0) is 23.2. The third-order valence-electron chi connectivity index (χ3n) is 4.55. The Hall–Kier alpha value is -2.97. The number of methoxy groups -OCH3 is 2. The standard InChI is InChI=1S/C24H35N3O5/c1-5-25-24(26-16-19-7-9-21(31-11-10-28)23(15-19)30-4)27-17-20-8-6-18(2)14-22(20)32-13-12-29-3/h6-9,14-15,28H,5,10-13,16-17H2,1-4H3,(H2,25,26,27). The molecule has 0 amide bonds. The lowest BCUT2D eigenvalue weighted by molar-refractivity contribution is 0.145. The van der Waals surface area contributed by atoms with Gasteiger partial charge in [-0.25, -0.2) is 4.99 Å². The molecule has 0 saturated heterocycles. The zero-order valence-corrected chi connectivity index (χ0v) is 19.4. The Bertz CT molecular complexity index is 858. The van der Waals surface area contributed by atoms with Crippen LogP contribution in [0.2, 0.25) is 0 Å². The average molecular weight is 446 g/mol. The fourth-order valence-corrected chi connectivity index (χ4v) is 2.95. The first-order chi connectivity index (χ1) is 15.6. The van der Waals surface area contributed by atoms with Gasteiger partial charge in [-0.05, 0) is 43.2 Å². The Kier molecular flexibility index (Phi) is 11.2. The number of ether oxygens (including phenoxy) is 4. The minimum absolute atomic E-state index is 0.0486. The van der Waals surface area contributed by atoms with E-state index in [4.69, 9.17) is 24.1 Å². The lowest BCUT2D eigenvalue weighted by Crippen LogP contribution is -2.36. The number of rotatable bonds is 13. The summed E-state index contributed by atoms with van der Waals surface area (Å²) in [5.41, 5.74) is 3.17. The predicted molar refractivity (Wildman–Crippen MR) is 126 cm³/mol. The van der Waals surface area contributed by atoms with E-state index in [2.05, 4.69) is 27.8 Å². The van der Waals surface area contributed by atoms with Gasteiger partial charge in [-0.1, -0.05) is 18.2 Å². The molecule has 176 valence electrons. The lowest BCUT2D eigenvalue weighted by atomic mass is 10.1. The summed E-state index contributed by atoms with van der Waals surface area (Å²) in [6, 6.07) is 11.8. The number of hydrogen-bond acceptors (Lipinski definition) is 6. The van der Waals surface area contributed by atoms with Crippen LogP contribution in [0.3, 0.4) is 0 Å². The Morgan fingerprint density at radius 2 is 1.75 bits per heavy atom. The topological polar surface area (TPSA) is 93.6 Å². The highest BCUT2D eigenvalue weighted by atomic mass is 16.5. The molecule has 2 aromatic carbocycles. The number of guanidine groups is 1. The highest BCUT2D eigenvalue weighted by Gasteiger charge is 2.08. The van der Waals surface area contributed by atoms with E-state index in [1.165, 1.54) is 0 Å². The Balaban J connectivity index is 2.06. The molecule has 8 heteroatoms. The van der Waals surface area contributed by atoms with Gasteiger partial charge < -0.3 is 34.7 Å². The number of nitrogens with one attached hydrogen (secondary N) is 2. The summed E-state index contributed by atoms with van der Waals surface area (Å²) in [5.74, 6) is 2.75. The van der Waals surface area contributed by atoms with Crippen molar-refractivity contribution in [3.63, 3.8) is 0 Å². The SMILES string of the molecule is CCNC(=NCc1ccc(OCCO)c(OC)c1)NCc1ccc(C)cc1OCCOC. The van der Waals surface area contributed by atoms with Crippen molar-refractivity contribution in [3.05, 3.63) is 53.1 Å². The van der Waals surface area contributed by atoms with Gasteiger partial charge in [0.05, 0.1) is 26.9 Å². The molecule has 0 radical (unpaired) electrons. The second kappa shape index (κ2) is 14.2. The summed E-state index contributed by atoms with van der Waals surface area (Å²) in [4.78, 5) is 4.69. The minimum Gasteiger partial charge on any atom is -0.493 e. The van der Waals surface area contributed by atoms with Gasteiger partial charge in [0.2, 0.25) is 0 Å². The molecule has 0 bridgehead atoms. The first kappa shape index (κ1) is 25.3. The molecule has 2 rings (SSSR count). The number of aryl methyl sites for hydroxylation is 1. The molecule has 0 aromatic heterocycles. The van der Waals surface area contributed by atoms with E-state index in [0.717, 1.165) is 29.0 Å². The summed E-state index contributed by atoms with van der Waals surface area (Å²) in [7, 11) is 3.25. The van der Waals surface area contributed by atoms with Gasteiger partial charge in [-0.15, -0.1) is 0 Å². The maximum atomic E-state index is 8.95. The van der Waals surface area contributed by atoms with Crippen molar-refractivity contribution >= 4 is 5.96 Å². The van der Waals surface area contributed by atoms with Crippen molar-refractivity contribution in [1.29, 1.82) is 0 Å². The Labute approximate surface area is 190 Å². The monoisotopic (exact) mass is 445 g/mol. The van der Waals surface area contributed by atoms with Crippen LogP contribution in [-0.2, 0) is 17.8 Å². The molecule has 0 unspecified atom stereocenters. The third kappa shape index (κ3) is 8.28. The van der Waals surface area contributed by atoms with Crippen LogP contribution in [0, 0.1) is 6.92 Å². The predicted octanol–water partition coefficient (Wildman–Crippen LogP) is 2.66. The maximum absolute atomic E-state index is 8.95. The third-order valence-corrected chi connectivity index (χ3v) is 4.55. The van der Waals surface area contributed by atoms with Gasteiger partial charge in [0.1, 0.15) is 19.0 Å². The number of hydrogen-bond donors (Lipinski definition) is 3. The highest BCUT2D eigenvalue weighted by molar-refractivity contribution is 5.79. The lowest BCUT2D eigenvalue weighted by Gasteiger charge is -2.15. The van der Waals surface area contributed by atoms with Crippen molar-refractivity contribution in [3.8, 4) is 17.2 Å². The van der Waals surface area contributed by atoms with Crippen LogP contribution in [0.25, 0.3) is 0 Å². The van der Waals surface area contributed by atoms with Crippen molar-refractivity contribution < 1.29 is 24.1 Å². The van der Waals surface area contributed by atoms with E-state index in [1.807, 2.05) is 38.1 Å². The summed E-state index contributed by atoms with van der Waals surface area (Å²) < 4.78 is 21.8. The fraction of sp³-hybridized carbons (Fsp3) is 0.458. The molecule has 2 aromatic rings. The molecule has 32 heavy (non-hydrogen) atoms. The highest BCUT2D eigenvalue weighted by Crippen LogP contribution is 2.28. The Morgan fingerprint density at radius 1 is 0.938 bits per heavy atom. The first-order valence-electron chi connectivity index (χ1n) is 10.7. The van der Waals surface area contributed by atoms with Crippen LogP contribution >= 0.6 is 0 Å². The van der Waals surface area contributed by atoms with Crippen LogP contribution in [0.5, 0.6) is 17.2 Å². The number of aliphatic imine (C=N–C) groups is 1. The largest absolute Gasteiger partial charge is 0.493 e. The van der Waals surface area contributed by atoms with Gasteiger partial charge in [-0.3, -0.25) is 0 Å². The molecule has 0 heterocycles. The fourth-order valence-electron chi connectivity index (χ4n) is 2.95. The summed E-state index contributed by atoms with van der Waals surface area (Å²) in [6.45, 7) is 7.07. The van der Waals surface area contributed by atoms with E-state index in [-0.39, 0.29) is 13.2 Å². The van der Waals surface area contributed by atoms with Gasteiger partial charge in [0.15, 0.2) is 17.5 Å². The second-order valence-corrected chi connectivity index (χ2v) is 7.06. The number of aliphatic hydroxyl groups is 1. The molecule has 0 aliphatic rings. The van der Waals surface area contributed by atoms with E-state index >= 15 is 0 Å². The molecular weight excluding hydrogens is 410 g/mol. The smallest absolute Gasteiger partial charge is 0.191 e. The maximum Gasteiger partial charge on any atom is 0.191 e. The van der Waals surface area contributed by atoms with E-state index in [1.54, 1.807) is 14.2 Å². The van der Waals surface area contributed by atoms with E-state index in [9.17, 15) is 0 Å².